The first-order valence-electron chi connectivity index (χ1n) is 10.1. The van der Waals surface area contributed by atoms with Crippen molar-refractivity contribution in [2.24, 2.45) is 0 Å². The van der Waals surface area contributed by atoms with Gasteiger partial charge in [-0.25, -0.2) is 4.98 Å². The fourth-order valence-corrected chi connectivity index (χ4v) is 4.32. The lowest BCUT2D eigenvalue weighted by molar-refractivity contribution is -0.137. The lowest BCUT2D eigenvalue weighted by Gasteiger charge is -2.15. The standard InChI is InChI=1S/C24H21N5O3S/c30-22(31)14-21(17-3-2-10-25-15-17)33-20-5-1-4-19(13-20)28-23(32)16-6-8-18(9-7-16)29-24-26-11-12-27-24/h1-13,15,21H,14H2,(H,28,32)(H,30,31)(H2,26,27,29). The molecule has 0 saturated heterocycles. The van der Waals surface area contributed by atoms with Gasteiger partial charge in [-0.05, 0) is 54.1 Å². The Bertz CT molecular complexity index is 1210. The van der Waals surface area contributed by atoms with Crippen LogP contribution in [0.25, 0.3) is 0 Å². The minimum absolute atomic E-state index is 0.0364. The van der Waals surface area contributed by atoms with Crippen molar-refractivity contribution < 1.29 is 14.7 Å². The largest absolute Gasteiger partial charge is 0.481 e. The molecule has 2 heterocycles. The lowest BCUT2D eigenvalue weighted by atomic mass is 10.1. The molecule has 2 aromatic heterocycles. The number of carbonyl (C=O) groups is 2. The van der Waals surface area contributed by atoms with Crippen molar-refractivity contribution in [3.05, 3.63) is 96.6 Å². The third-order valence-electron chi connectivity index (χ3n) is 4.69. The normalized spacial score (nSPS) is 11.5. The number of carboxylic acid groups (broad SMARTS) is 1. The number of rotatable bonds is 9. The Morgan fingerprint density at radius 3 is 2.58 bits per heavy atom. The van der Waals surface area contributed by atoms with Crippen LogP contribution in [0.1, 0.15) is 27.6 Å². The Morgan fingerprint density at radius 1 is 1.03 bits per heavy atom. The number of aromatic nitrogens is 3. The molecule has 0 aliphatic carbocycles. The van der Waals surface area contributed by atoms with E-state index < -0.39 is 5.97 Å². The van der Waals surface area contributed by atoms with E-state index >= 15 is 0 Å². The summed E-state index contributed by atoms with van der Waals surface area (Å²) in [5, 5.41) is 15.0. The highest BCUT2D eigenvalue weighted by atomic mass is 32.2. The van der Waals surface area contributed by atoms with Crippen molar-refractivity contribution in [1.29, 1.82) is 0 Å². The number of H-pyrrole nitrogens is 1. The van der Waals surface area contributed by atoms with Gasteiger partial charge in [-0.15, -0.1) is 11.8 Å². The lowest BCUT2D eigenvalue weighted by Crippen LogP contribution is -2.11. The van der Waals surface area contributed by atoms with Gasteiger partial charge in [0, 0.05) is 51.9 Å². The second-order valence-electron chi connectivity index (χ2n) is 7.11. The van der Waals surface area contributed by atoms with Crippen LogP contribution in [0.15, 0.2) is 90.3 Å². The molecule has 166 valence electrons. The number of hydrogen-bond donors (Lipinski definition) is 4. The highest BCUT2D eigenvalue weighted by Crippen LogP contribution is 2.38. The maximum atomic E-state index is 12.7. The number of aliphatic carboxylic acids is 1. The zero-order valence-corrected chi connectivity index (χ0v) is 18.3. The van der Waals surface area contributed by atoms with Crippen LogP contribution >= 0.6 is 11.8 Å². The van der Waals surface area contributed by atoms with E-state index in [1.165, 1.54) is 11.8 Å². The summed E-state index contributed by atoms with van der Waals surface area (Å²) in [5.41, 5.74) is 2.78. The molecule has 4 rings (SSSR count). The average molecular weight is 460 g/mol. The van der Waals surface area contributed by atoms with Gasteiger partial charge >= 0.3 is 5.97 Å². The van der Waals surface area contributed by atoms with Gasteiger partial charge in [0.1, 0.15) is 0 Å². The second-order valence-corrected chi connectivity index (χ2v) is 8.39. The average Bonchev–Trinajstić information content (AvgIpc) is 3.33. The third kappa shape index (κ3) is 6.20. The van der Waals surface area contributed by atoms with Crippen LogP contribution in [0.2, 0.25) is 0 Å². The zero-order chi connectivity index (χ0) is 23.0. The molecule has 0 spiro atoms. The van der Waals surface area contributed by atoms with Crippen LogP contribution in [-0.2, 0) is 4.79 Å². The van der Waals surface area contributed by atoms with Crippen molar-refractivity contribution in [1.82, 2.24) is 15.0 Å². The van der Waals surface area contributed by atoms with Crippen LogP contribution in [0.3, 0.4) is 0 Å². The van der Waals surface area contributed by atoms with Crippen molar-refractivity contribution in [2.75, 3.05) is 10.6 Å². The summed E-state index contributed by atoms with van der Waals surface area (Å²) in [6.07, 6.45) is 6.66. The van der Waals surface area contributed by atoms with Crippen molar-refractivity contribution >= 4 is 41.0 Å². The molecule has 2 aromatic carbocycles. The van der Waals surface area contributed by atoms with Gasteiger partial charge in [0.15, 0.2) is 0 Å². The highest BCUT2D eigenvalue weighted by molar-refractivity contribution is 7.99. The molecule has 0 bridgehead atoms. The Morgan fingerprint density at radius 2 is 1.88 bits per heavy atom. The fraction of sp³-hybridized carbons (Fsp3) is 0.0833. The molecule has 0 aliphatic heterocycles. The zero-order valence-electron chi connectivity index (χ0n) is 17.4. The number of carbonyl (C=O) groups excluding carboxylic acids is 1. The summed E-state index contributed by atoms with van der Waals surface area (Å²) in [6, 6.07) is 18.1. The summed E-state index contributed by atoms with van der Waals surface area (Å²) in [6.45, 7) is 0. The first-order chi connectivity index (χ1) is 16.1. The molecule has 4 aromatic rings. The van der Waals surface area contributed by atoms with E-state index in [1.807, 2.05) is 24.3 Å². The van der Waals surface area contributed by atoms with Crippen LogP contribution in [0, 0.1) is 0 Å². The Balaban J connectivity index is 1.42. The third-order valence-corrected chi connectivity index (χ3v) is 5.94. The molecule has 0 saturated carbocycles. The van der Waals surface area contributed by atoms with Crippen molar-refractivity contribution in [2.45, 2.75) is 16.6 Å². The number of carboxylic acids is 1. The predicted octanol–water partition coefficient (Wildman–Crippen LogP) is 5.11. The molecule has 9 heteroatoms. The minimum Gasteiger partial charge on any atom is -0.481 e. The number of nitrogens with zero attached hydrogens (tertiary/aromatic N) is 2. The van der Waals surface area contributed by atoms with E-state index in [4.69, 9.17) is 0 Å². The number of anilines is 3. The second kappa shape index (κ2) is 10.5. The summed E-state index contributed by atoms with van der Waals surface area (Å²) in [5.74, 6) is -0.504. The number of aromatic amines is 1. The van der Waals surface area contributed by atoms with E-state index in [2.05, 4.69) is 25.6 Å². The summed E-state index contributed by atoms with van der Waals surface area (Å²) in [7, 11) is 0. The summed E-state index contributed by atoms with van der Waals surface area (Å²) >= 11 is 1.42. The van der Waals surface area contributed by atoms with Gasteiger partial charge in [0.05, 0.1) is 6.42 Å². The maximum absolute atomic E-state index is 12.7. The number of thioether (sulfide) groups is 1. The van der Waals surface area contributed by atoms with Gasteiger partial charge in [-0.1, -0.05) is 12.1 Å². The quantitative estimate of drug-likeness (QED) is 0.257. The molecule has 8 nitrogen and oxygen atoms in total. The topological polar surface area (TPSA) is 120 Å². The Hall–Kier alpha value is -4.11. The minimum atomic E-state index is -0.884. The Labute approximate surface area is 194 Å². The van der Waals surface area contributed by atoms with E-state index in [0.29, 0.717) is 17.2 Å². The highest BCUT2D eigenvalue weighted by Gasteiger charge is 2.18. The smallest absolute Gasteiger partial charge is 0.304 e. The molecule has 1 atom stereocenters. The van der Waals surface area contributed by atoms with E-state index in [0.717, 1.165) is 16.1 Å². The molecule has 0 fully saturated rings. The van der Waals surface area contributed by atoms with Gasteiger partial charge in [0.25, 0.3) is 5.91 Å². The Kier molecular flexibility index (Phi) is 7.01. The molecule has 1 amide bonds. The number of pyridine rings is 1. The first kappa shape index (κ1) is 22.1. The molecular weight excluding hydrogens is 438 g/mol. The van der Waals surface area contributed by atoms with Gasteiger partial charge in [0.2, 0.25) is 5.95 Å². The van der Waals surface area contributed by atoms with E-state index in [-0.39, 0.29) is 17.6 Å². The monoisotopic (exact) mass is 459 g/mol. The van der Waals surface area contributed by atoms with Crippen LogP contribution in [-0.4, -0.2) is 31.9 Å². The van der Waals surface area contributed by atoms with Crippen molar-refractivity contribution in [3.8, 4) is 0 Å². The van der Waals surface area contributed by atoms with E-state index in [1.54, 1.807) is 61.2 Å². The number of hydrogen-bond acceptors (Lipinski definition) is 6. The van der Waals surface area contributed by atoms with Gasteiger partial charge in [-0.2, -0.15) is 0 Å². The molecular formula is C24H21N5O3S. The molecule has 4 N–H and O–H groups in total. The van der Waals surface area contributed by atoms with E-state index in [9.17, 15) is 14.7 Å². The van der Waals surface area contributed by atoms with Gasteiger partial charge < -0.3 is 20.7 Å². The van der Waals surface area contributed by atoms with Crippen LogP contribution in [0.4, 0.5) is 17.3 Å². The number of nitrogens with one attached hydrogen (secondary N) is 3. The number of benzene rings is 2. The fourth-order valence-electron chi connectivity index (χ4n) is 3.14. The molecule has 1 unspecified atom stereocenters. The van der Waals surface area contributed by atoms with Crippen LogP contribution in [0.5, 0.6) is 0 Å². The maximum Gasteiger partial charge on any atom is 0.304 e. The molecule has 0 radical (unpaired) electrons. The SMILES string of the molecule is O=C(O)CC(Sc1cccc(NC(=O)c2ccc(Nc3ncc[nH]3)cc2)c1)c1cccnc1. The predicted molar refractivity (Wildman–Crippen MR) is 128 cm³/mol. The first-order valence-corrected chi connectivity index (χ1v) is 11.0. The summed E-state index contributed by atoms with van der Waals surface area (Å²) in [4.78, 5) is 36.1. The molecule has 33 heavy (non-hydrogen) atoms. The number of imidazole rings is 1. The number of amides is 1. The van der Waals surface area contributed by atoms with Crippen molar-refractivity contribution in [3.63, 3.8) is 0 Å². The van der Waals surface area contributed by atoms with Gasteiger partial charge in [-0.3, -0.25) is 14.6 Å². The summed E-state index contributed by atoms with van der Waals surface area (Å²) < 4.78 is 0. The molecule has 0 aliphatic rings. The van der Waals surface area contributed by atoms with Crippen LogP contribution < -0.4 is 10.6 Å².